The van der Waals surface area contributed by atoms with Crippen LogP contribution in [-0.4, -0.2) is 89.9 Å². The van der Waals surface area contributed by atoms with E-state index in [9.17, 15) is 9.59 Å². The molecule has 5 rings (SSSR count). The van der Waals surface area contributed by atoms with Gasteiger partial charge in [0.15, 0.2) is 0 Å². The van der Waals surface area contributed by atoms with E-state index < -0.39 is 11.2 Å². The predicted octanol–water partition coefficient (Wildman–Crippen LogP) is 5.98. The van der Waals surface area contributed by atoms with Crippen LogP contribution in [0.2, 0.25) is 0 Å². The normalized spacial score (nSPS) is 18.4. The van der Waals surface area contributed by atoms with Gasteiger partial charge in [0.2, 0.25) is 0 Å². The zero-order chi connectivity index (χ0) is 35.4. The van der Waals surface area contributed by atoms with Crippen molar-refractivity contribution in [1.29, 1.82) is 0 Å². The van der Waals surface area contributed by atoms with E-state index in [-0.39, 0.29) is 61.9 Å². The van der Waals surface area contributed by atoms with Crippen molar-refractivity contribution < 1.29 is 64.6 Å². The van der Waals surface area contributed by atoms with Crippen LogP contribution >= 0.6 is 25.0 Å². The van der Waals surface area contributed by atoms with E-state index in [0.717, 1.165) is 51.0 Å². The van der Waals surface area contributed by atoms with E-state index in [0.29, 0.717) is 19.8 Å². The molecule has 3 heterocycles. The molecule has 3 fully saturated rings. The van der Waals surface area contributed by atoms with Crippen LogP contribution < -0.4 is 29.6 Å². The van der Waals surface area contributed by atoms with Crippen LogP contribution in [0.15, 0.2) is 65.6 Å². The SMILES string of the molecule is BrSc1ccccc1.C1CCOC1.CC(C)(C)OC(=O)N1CCC[C@H]1CO.CC(C)(C)OC(=O)N1CCC[C@H]1COCc1ccccc1.[H-].[Na+]. The van der Waals surface area contributed by atoms with Crippen molar-refractivity contribution in [3.63, 3.8) is 0 Å². The summed E-state index contributed by atoms with van der Waals surface area (Å²) in [4.78, 5) is 28.4. The van der Waals surface area contributed by atoms with Gasteiger partial charge in [-0.2, -0.15) is 0 Å². The second-order valence-electron chi connectivity index (χ2n) is 13.8. The average Bonchev–Trinajstić information content (AvgIpc) is 3.85. The molecule has 0 aromatic heterocycles. The van der Waals surface area contributed by atoms with Gasteiger partial charge in [0, 0.05) is 31.2 Å². The largest absolute Gasteiger partial charge is 1.00 e. The number of hydrogen-bond acceptors (Lipinski definition) is 8. The third kappa shape index (κ3) is 20.4. The maximum atomic E-state index is 12.2. The number of amides is 2. The van der Waals surface area contributed by atoms with Crippen LogP contribution in [0.3, 0.4) is 0 Å². The number of halogens is 1. The van der Waals surface area contributed by atoms with Crippen molar-refractivity contribution in [2.45, 2.75) is 115 Å². The molecular formula is C37H58BrN2NaO7S. The molecule has 1 N–H and O–H groups in total. The van der Waals surface area contributed by atoms with Crippen molar-refractivity contribution in [3.05, 3.63) is 66.2 Å². The van der Waals surface area contributed by atoms with Gasteiger partial charge in [-0.15, -0.1) is 0 Å². The molecule has 2 amide bonds. The minimum atomic E-state index is -0.459. The fraction of sp³-hybridized carbons (Fsp3) is 0.622. The summed E-state index contributed by atoms with van der Waals surface area (Å²) in [7, 11) is 1.58. The van der Waals surface area contributed by atoms with Gasteiger partial charge >= 0.3 is 41.7 Å². The Kier molecular flexibility index (Phi) is 23.1. The molecule has 9 nitrogen and oxygen atoms in total. The molecule has 0 saturated carbocycles. The minimum Gasteiger partial charge on any atom is -1.00 e. The summed E-state index contributed by atoms with van der Waals surface area (Å²) in [5.41, 5.74) is 0.244. The van der Waals surface area contributed by atoms with E-state index >= 15 is 0 Å². The number of carbonyl (C=O) groups excluding carboxylic acids is 2. The molecule has 0 bridgehead atoms. The van der Waals surface area contributed by atoms with Crippen molar-refractivity contribution in [1.82, 2.24) is 9.80 Å². The first kappa shape index (κ1) is 45.7. The maximum absolute atomic E-state index is 12.2. The van der Waals surface area contributed by atoms with E-state index in [1.54, 1.807) is 20.0 Å². The van der Waals surface area contributed by atoms with E-state index in [1.165, 1.54) is 17.7 Å². The molecule has 12 heteroatoms. The Hall–Kier alpha value is -1.31. The van der Waals surface area contributed by atoms with Crippen LogP contribution in [0.25, 0.3) is 0 Å². The zero-order valence-electron chi connectivity index (χ0n) is 31.7. The topological polar surface area (TPSA) is 97.8 Å². The van der Waals surface area contributed by atoms with E-state index in [4.69, 9.17) is 24.1 Å². The third-order valence-corrected chi connectivity index (χ3v) is 8.87. The van der Waals surface area contributed by atoms with Gasteiger partial charge in [-0.25, -0.2) is 9.59 Å². The second-order valence-corrected chi connectivity index (χ2v) is 15.4. The quantitative estimate of drug-likeness (QED) is 0.358. The van der Waals surface area contributed by atoms with Gasteiger partial charge in [0.25, 0.3) is 0 Å². The molecule has 2 aromatic carbocycles. The summed E-state index contributed by atoms with van der Waals surface area (Å²) in [6, 6.07) is 20.3. The van der Waals surface area contributed by atoms with Crippen LogP contribution in [0.1, 0.15) is 87.1 Å². The number of ether oxygens (including phenoxy) is 4. The van der Waals surface area contributed by atoms with E-state index in [2.05, 4.69) is 26.9 Å². The first-order valence-electron chi connectivity index (χ1n) is 17.0. The molecule has 0 unspecified atom stereocenters. The summed E-state index contributed by atoms with van der Waals surface area (Å²) < 4.78 is 21.4. The minimum absolute atomic E-state index is 0. The van der Waals surface area contributed by atoms with E-state index in [1.807, 2.05) is 90.1 Å². The van der Waals surface area contributed by atoms with Gasteiger partial charge in [0.05, 0.1) is 31.9 Å². The molecule has 2 atom stereocenters. The first-order valence-corrected chi connectivity index (χ1v) is 19.6. The van der Waals surface area contributed by atoms with Gasteiger partial charge in [-0.05, 0) is 123 Å². The molecular weight excluding hydrogens is 719 g/mol. The van der Waals surface area contributed by atoms with Crippen molar-refractivity contribution in [3.8, 4) is 0 Å². The van der Waals surface area contributed by atoms with Gasteiger partial charge < -0.3 is 35.3 Å². The summed E-state index contributed by atoms with van der Waals surface area (Å²) in [6.07, 6.45) is 5.83. The fourth-order valence-electron chi connectivity index (χ4n) is 5.03. The standard InChI is InChI=1S/C17H25NO3.C10H19NO3.C6H5BrS.C4H8O.Na.H/c1-17(2,3)21-16(19)18-11-7-10-15(18)13-20-12-14-8-5-4-6-9-14;1-10(2,3)14-9(13)11-6-4-5-8(11)7-12;7-8-6-4-2-1-3-5-6;1-2-4-5-3-1;;/h4-6,8-9,15H,7,10-13H2,1-3H3;8,12H,4-7H2,1-3H3;1-5H;1-4H2;;/q;;;;+1;-1/t15-;8-;;;;/m00..../s1. The van der Waals surface area contributed by atoms with Gasteiger partial charge in [0.1, 0.15) is 11.2 Å². The molecule has 49 heavy (non-hydrogen) atoms. The Morgan fingerprint density at radius 2 is 1.29 bits per heavy atom. The van der Waals surface area contributed by atoms with Gasteiger partial charge in [-0.1, -0.05) is 48.5 Å². The summed E-state index contributed by atoms with van der Waals surface area (Å²) >= 11 is 3.27. The van der Waals surface area contributed by atoms with Crippen molar-refractivity contribution >= 4 is 37.2 Å². The second kappa shape index (κ2) is 24.8. The number of hydrogen-bond donors (Lipinski definition) is 1. The average molecular weight is 778 g/mol. The number of rotatable bonds is 6. The number of aliphatic hydroxyl groups excluding tert-OH is 1. The molecule has 0 spiro atoms. The summed E-state index contributed by atoms with van der Waals surface area (Å²) in [6.45, 7) is 15.8. The Balaban J connectivity index is 0.000000710. The Morgan fingerprint density at radius 1 is 0.816 bits per heavy atom. The predicted molar refractivity (Wildman–Crippen MR) is 197 cm³/mol. The van der Waals surface area contributed by atoms with Crippen LogP contribution in [0.5, 0.6) is 0 Å². The molecule has 0 radical (unpaired) electrons. The molecule has 3 aliphatic heterocycles. The number of nitrogens with zero attached hydrogens (tertiary/aromatic N) is 2. The van der Waals surface area contributed by atoms with Crippen molar-refractivity contribution in [2.75, 3.05) is 39.5 Å². The Bertz CT molecular complexity index is 1160. The fourth-order valence-corrected chi connectivity index (χ4v) is 5.93. The molecule has 0 aliphatic carbocycles. The third-order valence-electron chi connectivity index (χ3n) is 7.30. The maximum Gasteiger partial charge on any atom is 1.00 e. The zero-order valence-corrected chi connectivity index (χ0v) is 35.1. The molecule has 3 aliphatic rings. The summed E-state index contributed by atoms with van der Waals surface area (Å²) in [5, 5.41) is 9.03. The number of benzene rings is 2. The molecule has 272 valence electrons. The Labute approximate surface area is 330 Å². The number of likely N-dealkylation sites (tertiary alicyclic amines) is 2. The van der Waals surface area contributed by atoms with Gasteiger partial charge in [-0.3, -0.25) is 0 Å². The summed E-state index contributed by atoms with van der Waals surface area (Å²) in [5.74, 6) is 0. The number of carbonyl (C=O) groups is 2. The Morgan fingerprint density at radius 3 is 1.69 bits per heavy atom. The van der Waals surface area contributed by atoms with Crippen LogP contribution in [0.4, 0.5) is 9.59 Å². The molecule has 2 aromatic rings. The van der Waals surface area contributed by atoms with Crippen LogP contribution in [0, 0.1) is 0 Å². The number of aliphatic hydroxyl groups is 1. The first-order chi connectivity index (χ1) is 22.8. The smallest absolute Gasteiger partial charge is 1.00 e. The van der Waals surface area contributed by atoms with Crippen LogP contribution in [-0.2, 0) is 25.6 Å². The monoisotopic (exact) mass is 776 g/mol. The molecule has 3 saturated heterocycles. The van der Waals surface area contributed by atoms with Crippen molar-refractivity contribution in [2.24, 2.45) is 0 Å².